The second-order valence-corrected chi connectivity index (χ2v) is 3.60. The van der Waals surface area contributed by atoms with Gasteiger partial charge >= 0.3 is 0 Å². The molecule has 0 atom stereocenters. The summed E-state index contributed by atoms with van der Waals surface area (Å²) in [7, 11) is 0. The molecule has 0 aliphatic carbocycles. The molecule has 2 aromatic rings. The Bertz CT molecular complexity index is 383. The molecular formula is C5H3N5OS2. The molecule has 0 bridgehead atoms. The summed E-state index contributed by atoms with van der Waals surface area (Å²) in [5, 5.41) is 13.8. The van der Waals surface area contributed by atoms with Crippen LogP contribution in [0.3, 0.4) is 0 Å². The smallest absolute Gasteiger partial charge is 0.270 e. The van der Waals surface area contributed by atoms with Gasteiger partial charge < -0.3 is 0 Å². The maximum Gasteiger partial charge on any atom is 0.270 e. The van der Waals surface area contributed by atoms with Gasteiger partial charge in [-0.3, -0.25) is 10.1 Å². The molecular weight excluding hydrogens is 210 g/mol. The maximum atomic E-state index is 11.3. The number of anilines is 1. The van der Waals surface area contributed by atoms with E-state index in [4.69, 9.17) is 0 Å². The Kier molecular flexibility index (Phi) is 2.23. The predicted octanol–water partition coefficient (Wildman–Crippen LogP) is 0.642. The van der Waals surface area contributed by atoms with Crippen LogP contribution in [0.15, 0.2) is 11.7 Å². The SMILES string of the molecule is O=C(Nc1nncs1)c1cnns1. The molecule has 0 spiro atoms. The van der Waals surface area contributed by atoms with Crippen LogP contribution >= 0.6 is 22.9 Å². The summed E-state index contributed by atoms with van der Waals surface area (Å²) in [6.45, 7) is 0. The van der Waals surface area contributed by atoms with E-state index in [0.717, 1.165) is 11.5 Å². The van der Waals surface area contributed by atoms with Crippen LogP contribution in [-0.2, 0) is 0 Å². The fraction of sp³-hybridized carbons (Fsp3) is 0. The summed E-state index contributed by atoms with van der Waals surface area (Å²) in [5.41, 5.74) is 1.54. The molecule has 0 saturated carbocycles. The van der Waals surface area contributed by atoms with Gasteiger partial charge in [0.05, 0.1) is 6.20 Å². The average Bonchev–Trinajstić information content (AvgIpc) is 2.74. The third-order valence-electron chi connectivity index (χ3n) is 1.17. The largest absolute Gasteiger partial charge is 0.296 e. The van der Waals surface area contributed by atoms with Gasteiger partial charge in [0, 0.05) is 0 Å². The highest BCUT2D eigenvalue weighted by Crippen LogP contribution is 2.11. The van der Waals surface area contributed by atoms with Crippen molar-refractivity contribution in [2.24, 2.45) is 0 Å². The molecule has 13 heavy (non-hydrogen) atoms. The summed E-state index contributed by atoms with van der Waals surface area (Å²) in [6.07, 6.45) is 1.40. The van der Waals surface area contributed by atoms with E-state index >= 15 is 0 Å². The van der Waals surface area contributed by atoms with Crippen molar-refractivity contribution >= 4 is 33.9 Å². The second kappa shape index (κ2) is 3.54. The maximum absolute atomic E-state index is 11.3. The molecule has 66 valence electrons. The molecule has 2 rings (SSSR count). The molecule has 8 heteroatoms. The lowest BCUT2D eigenvalue weighted by Gasteiger charge is -1.94. The molecule has 1 N–H and O–H groups in total. The molecule has 0 saturated heterocycles. The minimum absolute atomic E-state index is 0.258. The van der Waals surface area contributed by atoms with Crippen molar-refractivity contribution in [2.45, 2.75) is 0 Å². The lowest BCUT2D eigenvalue weighted by atomic mass is 10.5. The van der Waals surface area contributed by atoms with Crippen LogP contribution in [0, 0.1) is 0 Å². The first kappa shape index (κ1) is 8.20. The molecule has 2 aromatic heterocycles. The number of nitrogens with one attached hydrogen (secondary N) is 1. The Morgan fingerprint density at radius 2 is 2.38 bits per heavy atom. The van der Waals surface area contributed by atoms with Crippen molar-refractivity contribution in [1.29, 1.82) is 0 Å². The van der Waals surface area contributed by atoms with Gasteiger partial charge in [0.25, 0.3) is 5.91 Å². The molecule has 0 aliphatic rings. The standard InChI is InChI=1S/C5H3N5OS2/c11-4(3-1-6-10-13-3)8-5-9-7-2-12-5/h1-2H,(H,8,9,11). The van der Waals surface area contributed by atoms with Crippen LogP contribution in [0.2, 0.25) is 0 Å². The number of carbonyl (C=O) groups excluding carboxylic acids is 1. The number of hydrogen-bond acceptors (Lipinski definition) is 7. The Balaban J connectivity index is 2.08. The van der Waals surface area contributed by atoms with Gasteiger partial charge in [-0.2, -0.15) is 0 Å². The number of nitrogens with zero attached hydrogens (tertiary/aromatic N) is 4. The van der Waals surface area contributed by atoms with E-state index in [1.807, 2.05) is 0 Å². The van der Waals surface area contributed by atoms with Crippen LogP contribution < -0.4 is 5.32 Å². The van der Waals surface area contributed by atoms with Gasteiger partial charge in [0.15, 0.2) is 0 Å². The van der Waals surface area contributed by atoms with Gasteiger partial charge in [0.2, 0.25) is 5.13 Å². The summed E-state index contributed by atoms with van der Waals surface area (Å²) in [5.74, 6) is -0.258. The fourth-order valence-electron chi connectivity index (χ4n) is 0.653. The summed E-state index contributed by atoms with van der Waals surface area (Å²) >= 11 is 2.29. The Labute approximate surface area is 80.8 Å². The van der Waals surface area contributed by atoms with Crippen molar-refractivity contribution < 1.29 is 4.79 Å². The van der Waals surface area contributed by atoms with Crippen molar-refractivity contribution in [2.75, 3.05) is 5.32 Å². The molecule has 0 fully saturated rings. The summed E-state index contributed by atoms with van der Waals surface area (Å²) in [6, 6.07) is 0. The normalized spacial score (nSPS) is 9.85. The highest BCUT2D eigenvalue weighted by atomic mass is 32.1. The first-order chi connectivity index (χ1) is 6.36. The predicted molar refractivity (Wildman–Crippen MR) is 47.8 cm³/mol. The Hall–Kier alpha value is -1.41. The average molecular weight is 213 g/mol. The molecule has 0 radical (unpaired) electrons. The molecule has 6 nitrogen and oxygen atoms in total. The van der Waals surface area contributed by atoms with E-state index < -0.39 is 0 Å². The minimum Gasteiger partial charge on any atom is -0.296 e. The monoisotopic (exact) mass is 213 g/mol. The highest BCUT2D eigenvalue weighted by Gasteiger charge is 2.09. The zero-order chi connectivity index (χ0) is 9.10. The van der Waals surface area contributed by atoms with Gasteiger partial charge in [-0.15, -0.1) is 15.3 Å². The van der Waals surface area contributed by atoms with Crippen molar-refractivity contribution in [3.63, 3.8) is 0 Å². The molecule has 0 unspecified atom stereocenters. The van der Waals surface area contributed by atoms with Gasteiger partial charge in [-0.05, 0) is 11.5 Å². The van der Waals surface area contributed by atoms with Crippen LogP contribution in [0.25, 0.3) is 0 Å². The van der Waals surface area contributed by atoms with E-state index in [1.54, 1.807) is 5.51 Å². The zero-order valence-corrected chi connectivity index (χ0v) is 7.80. The number of amides is 1. The Morgan fingerprint density at radius 3 is 3.00 bits per heavy atom. The molecule has 0 aliphatic heterocycles. The topological polar surface area (TPSA) is 80.7 Å². The van der Waals surface area contributed by atoms with Crippen molar-refractivity contribution in [1.82, 2.24) is 19.8 Å². The second-order valence-electron chi connectivity index (χ2n) is 1.98. The molecule has 1 amide bonds. The number of aromatic nitrogens is 4. The molecule has 0 aromatic carbocycles. The third-order valence-corrected chi connectivity index (χ3v) is 2.44. The number of hydrogen-bond donors (Lipinski definition) is 1. The minimum atomic E-state index is -0.258. The summed E-state index contributed by atoms with van der Waals surface area (Å²) < 4.78 is 3.57. The molecule has 2 heterocycles. The van der Waals surface area contributed by atoms with E-state index in [9.17, 15) is 4.79 Å². The third kappa shape index (κ3) is 1.84. The van der Waals surface area contributed by atoms with Gasteiger partial charge in [-0.1, -0.05) is 15.8 Å². The Morgan fingerprint density at radius 1 is 1.46 bits per heavy atom. The highest BCUT2D eigenvalue weighted by molar-refractivity contribution is 7.13. The zero-order valence-electron chi connectivity index (χ0n) is 6.17. The number of rotatable bonds is 2. The van der Waals surface area contributed by atoms with E-state index in [2.05, 4.69) is 25.1 Å². The quantitative estimate of drug-likeness (QED) is 0.791. The van der Waals surface area contributed by atoms with Gasteiger partial charge in [-0.25, -0.2) is 0 Å². The van der Waals surface area contributed by atoms with E-state index in [1.165, 1.54) is 17.5 Å². The van der Waals surface area contributed by atoms with E-state index in [-0.39, 0.29) is 5.91 Å². The first-order valence-electron chi connectivity index (χ1n) is 3.21. The lowest BCUT2D eigenvalue weighted by molar-refractivity contribution is 0.103. The van der Waals surface area contributed by atoms with E-state index in [0.29, 0.717) is 10.0 Å². The number of carbonyl (C=O) groups is 1. The van der Waals surface area contributed by atoms with Crippen LogP contribution in [-0.4, -0.2) is 25.7 Å². The first-order valence-corrected chi connectivity index (χ1v) is 4.86. The van der Waals surface area contributed by atoms with Crippen LogP contribution in [0.4, 0.5) is 5.13 Å². The van der Waals surface area contributed by atoms with Crippen molar-refractivity contribution in [3.05, 3.63) is 16.6 Å². The van der Waals surface area contributed by atoms with Crippen LogP contribution in [0.1, 0.15) is 9.67 Å². The fourth-order valence-corrected chi connectivity index (χ4v) is 1.50. The lowest BCUT2D eigenvalue weighted by Crippen LogP contribution is -2.09. The van der Waals surface area contributed by atoms with Crippen LogP contribution in [0.5, 0.6) is 0 Å². The summed E-state index contributed by atoms with van der Waals surface area (Å²) in [4.78, 5) is 11.8. The van der Waals surface area contributed by atoms with Gasteiger partial charge in [0.1, 0.15) is 10.4 Å². The van der Waals surface area contributed by atoms with Crippen molar-refractivity contribution in [3.8, 4) is 0 Å².